The molecule has 3 rings (SSSR count). The van der Waals surface area contributed by atoms with Crippen molar-refractivity contribution < 1.29 is 9.59 Å². The minimum atomic E-state index is -0.221. The third-order valence-corrected chi connectivity index (χ3v) is 4.44. The summed E-state index contributed by atoms with van der Waals surface area (Å²) in [5, 5.41) is 2.96. The Morgan fingerprint density at radius 1 is 1.04 bits per heavy atom. The Labute approximate surface area is 153 Å². The maximum absolute atomic E-state index is 12.3. The van der Waals surface area contributed by atoms with Crippen LogP contribution in [0.4, 0.5) is 0 Å². The molecule has 0 saturated carbocycles. The molecule has 0 aliphatic rings. The van der Waals surface area contributed by atoms with Crippen LogP contribution in [0.1, 0.15) is 48.9 Å². The lowest BCUT2D eigenvalue weighted by atomic mass is 10.1. The van der Waals surface area contributed by atoms with Crippen LogP contribution < -0.4 is 5.32 Å². The minimum absolute atomic E-state index is 0.0193. The highest BCUT2D eigenvalue weighted by molar-refractivity contribution is 5.97. The van der Waals surface area contributed by atoms with Gasteiger partial charge in [-0.15, -0.1) is 0 Å². The molecule has 0 aliphatic carbocycles. The van der Waals surface area contributed by atoms with Gasteiger partial charge in [0.25, 0.3) is 0 Å². The zero-order valence-corrected chi connectivity index (χ0v) is 15.1. The molecular weight excluding hydrogens is 326 g/mol. The summed E-state index contributed by atoms with van der Waals surface area (Å²) in [5.74, 6) is 0.669. The maximum Gasteiger partial charge on any atom is 0.221 e. The topological polar surface area (TPSA) is 64.0 Å². The minimum Gasteiger partial charge on any atom is -0.346 e. The van der Waals surface area contributed by atoms with Gasteiger partial charge < -0.3 is 9.88 Å². The zero-order chi connectivity index (χ0) is 18.5. The number of nitrogens with zero attached hydrogens (tertiary/aromatic N) is 2. The van der Waals surface area contributed by atoms with Crippen molar-refractivity contribution in [1.29, 1.82) is 0 Å². The van der Waals surface area contributed by atoms with E-state index in [1.54, 1.807) is 12.1 Å². The second-order valence-corrected chi connectivity index (χ2v) is 6.28. The Hall–Kier alpha value is -2.95. The molecule has 0 saturated heterocycles. The number of aromatic nitrogens is 2. The van der Waals surface area contributed by atoms with Gasteiger partial charge in [0.1, 0.15) is 5.82 Å². The predicted octanol–water partition coefficient (Wildman–Crippen LogP) is 3.90. The van der Waals surface area contributed by atoms with Crippen molar-refractivity contribution in [3.05, 3.63) is 66.0 Å². The zero-order valence-electron chi connectivity index (χ0n) is 15.1. The van der Waals surface area contributed by atoms with E-state index in [9.17, 15) is 9.59 Å². The Kier molecular flexibility index (Phi) is 5.46. The first-order chi connectivity index (χ1) is 12.6. The van der Waals surface area contributed by atoms with E-state index in [1.165, 1.54) is 0 Å². The van der Waals surface area contributed by atoms with Gasteiger partial charge in [0, 0.05) is 24.9 Å². The number of hydrogen-bond donors (Lipinski definition) is 1. The smallest absolute Gasteiger partial charge is 0.221 e. The molecule has 134 valence electrons. The van der Waals surface area contributed by atoms with Gasteiger partial charge >= 0.3 is 0 Å². The predicted molar refractivity (Wildman–Crippen MR) is 102 cm³/mol. The molecule has 0 unspecified atom stereocenters. The van der Waals surface area contributed by atoms with E-state index in [-0.39, 0.29) is 30.6 Å². The van der Waals surface area contributed by atoms with Crippen LogP contribution in [0, 0.1) is 0 Å². The third kappa shape index (κ3) is 3.82. The van der Waals surface area contributed by atoms with Crippen LogP contribution in [0.25, 0.3) is 11.0 Å². The van der Waals surface area contributed by atoms with Crippen LogP contribution in [0.5, 0.6) is 0 Å². The normalized spacial score (nSPS) is 12.1. The number of imidazole rings is 1. The maximum atomic E-state index is 12.3. The molecule has 1 N–H and O–H groups in total. The standard InChI is InChI=1S/C21H23N3O2/c1-3-24-18-12-8-7-11-17(18)23-21(24)15(2)22-20(26)14-13-19(25)16-9-5-4-6-10-16/h4-12,15H,3,13-14H2,1-2H3,(H,22,26)/t15-/m0/s1. The van der Waals surface area contributed by atoms with Crippen LogP contribution >= 0.6 is 0 Å². The summed E-state index contributed by atoms with van der Waals surface area (Å²) in [6, 6.07) is 16.8. The Morgan fingerprint density at radius 3 is 2.46 bits per heavy atom. The Bertz CT molecular complexity index is 915. The number of nitrogens with one attached hydrogen (secondary N) is 1. The number of amides is 1. The van der Waals surface area contributed by atoms with Crippen LogP contribution in [-0.2, 0) is 11.3 Å². The molecule has 1 aromatic heterocycles. The summed E-state index contributed by atoms with van der Waals surface area (Å²) in [7, 11) is 0. The number of Topliss-reactive ketones (excluding diaryl/α,β-unsaturated/α-hetero) is 1. The quantitative estimate of drug-likeness (QED) is 0.658. The van der Waals surface area contributed by atoms with E-state index < -0.39 is 0 Å². The van der Waals surface area contributed by atoms with Gasteiger partial charge in [0.2, 0.25) is 5.91 Å². The molecule has 3 aromatic rings. The van der Waals surface area contributed by atoms with Crippen LogP contribution in [0.15, 0.2) is 54.6 Å². The molecule has 1 heterocycles. The van der Waals surface area contributed by atoms with E-state index in [0.717, 1.165) is 23.4 Å². The number of rotatable bonds is 7. The lowest BCUT2D eigenvalue weighted by Gasteiger charge is -2.15. The summed E-state index contributed by atoms with van der Waals surface area (Å²) >= 11 is 0. The average Bonchev–Trinajstić information content (AvgIpc) is 3.05. The average molecular weight is 349 g/mol. The fraction of sp³-hybridized carbons (Fsp3) is 0.286. The fourth-order valence-electron chi connectivity index (χ4n) is 3.13. The molecule has 0 radical (unpaired) electrons. The summed E-state index contributed by atoms with van der Waals surface area (Å²) in [6.45, 7) is 4.76. The molecule has 0 fully saturated rings. The first-order valence-corrected chi connectivity index (χ1v) is 8.93. The number of hydrogen-bond acceptors (Lipinski definition) is 3. The third-order valence-electron chi connectivity index (χ3n) is 4.44. The number of para-hydroxylation sites is 2. The van der Waals surface area contributed by atoms with Gasteiger partial charge in [-0.2, -0.15) is 0 Å². The van der Waals surface area contributed by atoms with Crippen molar-refractivity contribution in [3.63, 3.8) is 0 Å². The van der Waals surface area contributed by atoms with Crippen LogP contribution in [0.2, 0.25) is 0 Å². The molecule has 1 amide bonds. The van der Waals surface area contributed by atoms with Crippen molar-refractivity contribution in [2.45, 2.75) is 39.3 Å². The monoisotopic (exact) mass is 349 g/mol. The second kappa shape index (κ2) is 7.95. The number of aryl methyl sites for hydroxylation is 1. The molecule has 1 atom stereocenters. The molecule has 0 bridgehead atoms. The van der Waals surface area contributed by atoms with Gasteiger partial charge in [0.15, 0.2) is 5.78 Å². The van der Waals surface area contributed by atoms with Gasteiger partial charge in [-0.05, 0) is 26.0 Å². The van der Waals surface area contributed by atoms with E-state index in [2.05, 4.69) is 21.8 Å². The lowest BCUT2D eigenvalue weighted by molar-refractivity contribution is -0.121. The van der Waals surface area contributed by atoms with E-state index in [0.29, 0.717) is 5.56 Å². The fourth-order valence-corrected chi connectivity index (χ4v) is 3.13. The van der Waals surface area contributed by atoms with Crippen molar-refractivity contribution in [2.75, 3.05) is 0 Å². The SMILES string of the molecule is CCn1c([C@H](C)NC(=O)CCC(=O)c2ccccc2)nc2ccccc21. The number of carbonyl (C=O) groups is 2. The molecule has 2 aromatic carbocycles. The number of carbonyl (C=O) groups excluding carboxylic acids is 2. The highest BCUT2D eigenvalue weighted by atomic mass is 16.2. The molecular formula is C21H23N3O2. The van der Waals surface area contributed by atoms with E-state index in [1.807, 2.05) is 49.4 Å². The molecule has 5 nitrogen and oxygen atoms in total. The van der Waals surface area contributed by atoms with Gasteiger partial charge in [-0.3, -0.25) is 9.59 Å². The number of benzene rings is 2. The van der Waals surface area contributed by atoms with Crippen molar-refractivity contribution in [3.8, 4) is 0 Å². The van der Waals surface area contributed by atoms with Crippen LogP contribution in [-0.4, -0.2) is 21.2 Å². The van der Waals surface area contributed by atoms with Crippen LogP contribution in [0.3, 0.4) is 0 Å². The largest absolute Gasteiger partial charge is 0.346 e. The first-order valence-electron chi connectivity index (χ1n) is 8.93. The highest BCUT2D eigenvalue weighted by Gasteiger charge is 2.18. The van der Waals surface area contributed by atoms with Crippen molar-refractivity contribution >= 4 is 22.7 Å². The van der Waals surface area contributed by atoms with Gasteiger partial charge in [0.05, 0.1) is 17.1 Å². The van der Waals surface area contributed by atoms with E-state index in [4.69, 9.17) is 0 Å². The Morgan fingerprint density at radius 2 is 1.73 bits per heavy atom. The molecule has 0 aliphatic heterocycles. The van der Waals surface area contributed by atoms with Crippen molar-refractivity contribution in [2.24, 2.45) is 0 Å². The van der Waals surface area contributed by atoms with Gasteiger partial charge in [-0.1, -0.05) is 42.5 Å². The second-order valence-electron chi connectivity index (χ2n) is 6.28. The summed E-state index contributed by atoms with van der Waals surface area (Å²) in [6.07, 6.45) is 0.372. The summed E-state index contributed by atoms with van der Waals surface area (Å²) in [5.41, 5.74) is 2.62. The molecule has 5 heteroatoms. The lowest BCUT2D eigenvalue weighted by Crippen LogP contribution is -2.29. The highest BCUT2D eigenvalue weighted by Crippen LogP contribution is 2.20. The summed E-state index contributed by atoms with van der Waals surface area (Å²) < 4.78 is 2.11. The van der Waals surface area contributed by atoms with E-state index >= 15 is 0 Å². The first kappa shape index (κ1) is 17.9. The number of fused-ring (bicyclic) bond motifs is 1. The van der Waals surface area contributed by atoms with Gasteiger partial charge in [-0.25, -0.2) is 4.98 Å². The Balaban J connectivity index is 1.63. The van der Waals surface area contributed by atoms with Crippen molar-refractivity contribution in [1.82, 2.24) is 14.9 Å². The molecule has 26 heavy (non-hydrogen) atoms. The number of ketones is 1. The molecule has 0 spiro atoms. The summed E-state index contributed by atoms with van der Waals surface area (Å²) in [4.78, 5) is 29.1.